The number of hydrogen-bond donors (Lipinski definition) is 1. The Hall–Kier alpha value is -1.24. The predicted octanol–water partition coefficient (Wildman–Crippen LogP) is 2.83. The lowest BCUT2D eigenvalue weighted by Gasteiger charge is -2.10. The van der Waals surface area contributed by atoms with Crippen LogP contribution in [0.5, 0.6) is 0 Å². The lowest BCUT2D eigenvalue weighted by molar-refractivity contribution is 1.08. The van der Waals surface area contributed by atoms with Crippen molar-refractivity contribution in [3.63, 3.8) is 0 Å². The van der Waals surface area contributed by atoms with Crippen LogP contribution in [0.1, 0.15) is 25.0 Å². The molecule has 0 bridgehead atoms. The van der Waals surface area contributed by atoms with Gasteiger partial charge in [0.15, 0.2) is 0 Å². The second-order valence-corrected chi connectivity index (χ2v) is 2.96. The topological polar surface area (TPSA) is 12.0 Å². The Labute approximate surface area is 80.5 Å². The van der Waals surface area contributed by atoms with Crippen molar-refractivity contribution in [1.29, 1.82) is 0 Å². The molecule has 1 heteroatoms. The summed E-state index contributed by atoms with van der Waals surface area (Å²) in [5.74, 6) is 0. The van der Waals surface area contributed by atoms with E-state index in [-0.39, 0.29) is 0 Å². The summed E-state index contributed by atoms with van der Waals surface area (Å²) in [6.07, 6.45) is 3.18. The fraction of sp³-hybridized carbons (Fsp3) is 0.333. The van der Waals surface area contributed by atoms with Crippen molar-refractivity contribution < 1.29 is 0 Å². The normalized spacial score (nSPS) is 11.5. The fourth-order valence-electron chi connectivity index (χ4n) is 1.53. The second-order valence-electron chi connectivity index (χ2n) is 2.96. The van der Waals surface area contributed by atoms with Crippen LogP contribution in [0.25, 0.3) is 5.70 Å². The van der Waals surface area contributed by atoms with Gasteiger partial charge in [0.2, 0.25) is 0 Å². The average molecular weight is 175 g/mol. The molecule has 0 amide bonds. The molecule has 0 saturated heterocycles. The monoisotopic (exact) mass is 175 g/mol. The molecule has 0 heterocycles. The molecule has 0 unspecified atom stereocenters. The van der Waals surface area contributed by atoms with Crippen LogP contribution in [0.3, 0.4) is 0 Å². The van der Waals surface area contributed by atoms with Gasteiger partial charge in [0, 0.05) is 18.3 Å². The Kier molecular flexibility index (Phi) is 3.56. The quantitative estimate of drug-likeness (QED) is 0.745. The summed E-state index contributed by atoms with van der Waals surface area (Å²) in [5, 5.41) is 3.20. The van der Waals surface area contributed by atoms with Crippen LogP contribution >= 0.6 is 0 Å². The van der Waals surface area contributed by atoms with Gasteiger partial charge in [0.25, 0.3) is 0 Å². The van der Waals surface area contributed by atoms with E-state index in [2.05, 4.69) is 49.5 Å². The predicted molar refractivity (Wildman–Crippen MR) is 58.5 cm³/mol. The van der Waals surface area contributed by atoms with E-state index < -0.39 is 0 Å². The zero-order chi connectivity index (χ0) is 9.68. The second kappa shape index (κ2) is 4.70. The molecule has 0 aliphatic rings. The SMILES string of the molecule is C/C=C(/NC)c1ccccc1CC. The Bertz CT molecular complexity index is 300. The molecule has 0 radical (unpaired) electrons. The van der Waals surface area contributed by atoms with Gasteiger partial charge in [-0.25, -0.2) is 0 Å². The van der Waals surface area contributed by atoms with Crippen LogP contribution in [-0.2, 0) is 6.42 Å². The van der Waals surface area contributed by atoms with Crippen LogP contribution in [0, 0.1) is 0 Å². The van der Waals surface area contributed by atoms with Crippen LogP contribution < -0.4 is 5.32 Å². The Morgan fingerprint density at radius 2 is 2.08 bits per heavy atom. The smallest absolute Gasteiger partial charge is 0.0370 e. The Morgan fingerprint density at radius 3 is 2.62 bits per heavy atom. The lowest BCUT2D eigenvalue weighted by atomic mass is 10.0. The van der Waals surface area contributed by atoms with Gasteiger partial charge in [-0.1, -0.05) is 37.3 Å². The Morgan fingerprint density at radius 1 is 1.38 bits per heavy atom. The first-order chi connectivity index (χ1) is 6.33. The highest BCUT2D eigenvalue weighted by Crippen LogP contribution is 2.16. The summed E-state index contributed by atoms with van der Waals surface area (Å²) >= 11 is 0. The number of hydrogen-bond acceptors (Lipinski definition) is 1. The molecule has 0 saturated carbocycles. The average Bonchev–Trinajstić information content (AvgIpc) is 2.20. The summed E-state index contributed by atoms with van der Waals surface area (Å²) in [6, 6.07) is 8.50. The van der Waals surface area contributed by atoms with Crippen LogP contribution in [-0.4, -0.2) is 7.05 Å². The van der Waals surface area contributed by atoms with E-state index in [1.165, 1.54) is 16.8 Å². The van der Waals surface area contributed by atoms with Crippen molar-refractivity contribution in [2.45, 2.75) is 20.3 Å². The first kappa shape index (κ1) is 9.85. The lowest BCUT2D eigenvalue weighted by Crippen LogP contribution is -2.06. The largest absolute Gasteiger partial charge is 0.388 e. The van der Waals surface area contributed by atoms with E-state index in [1.807, 2.05) is 7.05 Å². The van der Waals surface area contributed by atoms with Gasteiger partial charge in [0.05, 0.1) is 0 Å². The molecule has 1 N–H and O–H groups in total. The van der Waals surface area contributed by atoms with E-state index >= 15 is 0 Å². The molecule has 0 spiro atoms. The van der Waals surface area contributed by atoms with Crippen molar-refractivity contribution in [2.75, 3.05) is 7.05 Å². The molecule has 70 valence electrons. The van der Waals surface area contributed by atoms with Crippen molar-refractivity contribution in [3.8, 4) is 0 Å². The van der Waals surface area contributed by atoms with E-state index in [4.69, 9.17) is 0 Å². The van der Waals surface area contributed by atoms with Crippen molar-refractivity contribution in [1.82, 2.24) is 5.32 Å². The van der Waals surface area contributed by atoms with Crippen molar-refractivity contribution >= 4 is 5.70 Å². The zero-order valence-corrected chi connectivity index (χ0v) is 8.59. The molecular weight excluding hydrogens is 158 g/mol. The third-order valence-electron chi connectivity index (χ3n) is 2.25. The summed E-state index contributed by atoms with van der Waals surface area (Å²) in [5.41, 5.74) is 3.91. The van der Waals surface area contributed by atoms with Crippen LogP contribution in [0.15, 0.2) is 30.3 Å². The van der Waals surface area contributed by atoms with Crippen molar-refractivity contribution in [3.05, 3.63) is 41.5 Å². The molecule has 1 rings (SSSR count). The maximum absolute atomic E-state index is 3.20. The molecule has 0 fully saturated rings. The minimum Gasteiger partial charge on any atom is -0.388 e. The highest BCUT2D eigenvalue weighted by atomic mass is 14.8. The zero-order valence-electron chi connectivity index (χ0n) is 8.59. The highest BCUT2D eigenvalue weighted by molar-refractivity contribution is 5.66. The van der Waals surface area contributed by atoms with Crippen LogP contribution in [0.4, 0.5) is 0 Å². The Balaban J connectivity index is 3.12. The van der Waals surface area contributed by atoms with Gasteiger partial charge >= 0.3 is 0 Å². The van der Waals surface area contributed by atoms with Crippen molar-refractivity contribution in [2.24, 2.45) is 0 Å². The summed E-state index contributed by atoms with van der Waals surface area (Å²) in [7, 11) is 1.96. The first-order valence-electron chi connectivity index (χ1n) is 4.75. The van der Waals surface area contributed by atoms with Gasteiger partial charge in [-0.15, -0.1) is 0 Å². The minimum absolute atomic E-state index is 1.08. The third kappa shape index (κ3) is 2.11. The molecule has 1 aromatic carbocycles. The molecule has 0 aliphatic carbocycles. The third-order valence-corrected chi connectivity index (χ3v) is 2.25. The van der Waals surface area contributed by atoms with Gasteiger partial charge in [-0.05, 0) is 18.9 Å². The fourth-order valence-corrected chi connectivity index (χ4v) is 1.53. The molecule has 0 atom stereocenters. The number of nitrogens with one attached hydrogen (secondary N) is 1. The molecular formula is C12H17N. The van der Waals surface area contributed by atoms with Crippen LogP contribution in [0.2, 0.25) is 0 Å². The maximum atomic E-state index is 3.20. The maximum Gasteiger partial charge on any atom is 0.0370 e. The number of benzene rings is 1. The van der Waals surface area contributed by atoms with E-state index in [0.717, 1.165) is 6.42 Å². The minimum atomic E-state index is 1.08. The summed E-state index contributed by atoms with van der Waals surface area (Å²) in [6.45, 7) is 4.24. The van der Waals surface area contributed by atoms with Gasteiger partial charge < -0.3 is 5.32 Å². The van der Waals surface area contributed by atoms with E-state index in [1.54, 1.807) is 0 Å². The molecule has 1 aromatic rings. The van der Waals surface area contributed by atoms with Gasteiger partial charge in [-0.2, -0.15) is 0 Å². The molecule has 0 aliphatic heterocycles. The van der Waals surface area contributed by atoms with Gasteiger partial charge in [0.1, 0.15) is 0 Å². The first-order valence-corrected chi connectivity index (χ1v) is 4.75. The molecule has 13 heavy (non-hydrogen) atoms. The molecule has 0 aromatic heterocycles. The van der Waals surface area contributed by atoms with E-state index in [0.29, 0.717) is 0 Å². The number of aryl methyl sites for hydroxylation is 1. The number of rotatable bonds is 3. The number of allylic oxidation sites excluding steroid dienone is 1. The summed E-state index contributed by atoms with van der Waals surface area (Å²) in [4.78, 5) is 0. The molecule has 1 nitrogen and oxygen atoms in total. The summed E-state index contributed by atoms with van der Waals surface area (Å²) < 4.78 is 0. The standard InChI is InChI=1S/C12H17N/c1-4-10-8-6-7-9-11(10)12(5-2)13-3/h5-9,13H,4H2,1-3H3/b12-5+. The highest BCUT2D eigenvalue weighted by Gasteiger charge is 2.02. The van der Waals surface area contributed by atoms with Gasteiger partial charge in [-0.3, -0.25) is 0 Å². The van der Waals surface area contributed by atoms with E-state index in [9.17, 15) is 0 Å².